The second-order valence-corrected chi connectivity index (χ2v) is 8.88. The standard InChI is InChI=1S/C28H34N6/c1-3-23(21-11-5-4-6-12-21)24(20(2)33-27(29)25-15-9-17-30-25)14-8-7-13-22-19-32-28(34-22)26-16-10-18-31-26/h3-6,11-12,19-20,24-26,30-31H,9-10,15-18H2,1-2H3,(H2,29,33)(H,32,34)/b23-3-/t20?,24?,25-,26-/m0/s1. The summed E-state index contributed by atoms with van der Waals surface area (Å²) in [6.45, 7) is 6.15. The van der Waals surface area contributed by atoms with Crippen LogP contribution in [-0.2, 0) is 0 Å². The average molecular weight is 455 g/mol. The van der Waals surface area contributed by atoms with Crippen LogP contribution in [0.3, 0.4) is 0 Å². The van der Waals surface area contributed by atoms with Gasteiger partial charge in [0.05, 0.1) is 30.2 Å². The molecule has 0 saturated carbocycles. The number of aromatic amines is 1. The second kappa shape index (κ2) is 11.7. The van der Waals surface area contributed by atoms with Crippen LogP contribution in [0.5, 0.6) is 0 Å². The van der Waals surface area contributed by atoms with Gasteiger partial charge in [-0.25, -0.2) is 4.98 Å². The molecule has 4 atom stereocenters. The minimum atomic E-state index is -0.123. The number of nitrogens with zero attached hydrogens (tertiary/aromatic N) is 2. The van der Waals surface area contributed by atoms with E-state index in [1.54, 1.807) is 6.20 Å². The summed E-state index contributed by atoms with van der Waals surface area (Å²) in [5.74, 6) is 14.1. The Morgan fingerprint density at radius 1 is 1.15 bits per heavy atom. The number of allylic oxidation sites excluding steroid dienone is 1. The van der Waals surface area contributed by atoms with E-state index in [2.05, 4.69) is 69.4 Å². The van der Waals surface area contributed by atoms with Crippen LogP contribution in [-0.4, -0.2) is 41.0 Å². The highest BCUT2D eigenvalue weighted by molar-refractivity contribution is 5.86. The molecule has 0 aliphatic carbocycles. The van der Waals surface area contributed by atoms with Gasteiger partial charge in [-0.3, -0.25) is 4.99 Å². The molecule has 6 nitrogen and oxygen atoms in total. The Balaban J connectivity index is 1.56. The maximum atomic E-state index is 6.36. The lowest BCUT2D eigenvalue weighted by Gasteiger charge is -2.21. The summed E-state index contributed by atoms with van der Waals surface area (Å²) in [6.07, 6.45) is 8.34. The molecule has 0 spiro atoms. The third kappa shape index (κ3) is 5.97. The number of hydrogen-bond acceptors (Lipinski definition) is 4. The van der Waals surface area contributed by atoms with Crippen LogP contribution in [0, 0.1) is 29.6 Å². The molecule has 2 unspecified atom stereocenters. The first-order valence-corrected chi connectivity index (χ1v) is 12.2. The Hall–Kier alpha value is -3.32. The van der Waals surface area contributed by atoms with Crippen LogP contribution in [0.15, 0.2) is 47.6 Å². The Morgan fingerprint density at radius 3 is 2.65 bits per heavy atom. The van der Waals surface area contributed by atoms with Crippen molar-refractivity contribution in [2.45, 2.75) is 57.7 Å². The molecule has 1 aromatic carbocycles. The van der Waals surface area contributed by atoms with Crippen molar-refractivity contribution in [3.8, 4) is 23.7 Å². The first kappa shape index (κ1) is 23.8. The fraction of sp³-hybridized carbons (Fsp3) is 0.429. The van der Waals surface area contributed by atoms with Gasteiger partial charge in [-0.1, -0.05) is 42.3 Å². The van der Waals surface area contributed by atoms with Crippen molar-refractivity contribution in [2.24, 2.45) is 16.6 Å². The molecule has 176 valence electrons. The quantitative estimate of drug-likeness (QED) is 0.306. The van der Waals surface area contributed by atoms with Crippen molar-refractivity contribution in [1.82, 2.24) is 20.6 Å². The molecule has 5 N–H and O–H groups in total. The molecule has 0 amide bonds. The van der Waals surface area contributed by atoms with Crippen LogP contribution in [0.25, 0.3) is 5.57 Å². The molecule has 2 saturated heterocycles. The summed E-state index contributed by atoms with van der Waals surface area (Å²) < 4.78 is 0. The lowest BCUT2D eigenvalue weighted by Crippen LogP contribution is -2.38. The number of aliphatic imine (C=N–C) groups is 1. The number of hydrogen-bond donors (Lipinski definition) is 4. The Labute approximate surface area is 202 Å². The van der Waals surface area contributed by atoms with Crippen LogP contribution in [0.4, 0.5) is 0 Å². The third-order valence-corrected chi connectivity index (χ3v) is 6.48. The number of H-pyrrole nitrogens is 1. The Kier molecular flexibility index (Phi) is 8.20. The summed E-state index contributed by atoms with van der Waals surface area (Å²) in [5.41, 5.74) is 9.41. The van der Waals surface area contributed by atoms with Gasteiger partial charge in [-0.05, 0) is 81.5 Å². The minimum Gasteiger partial charge on any atom is -0.386 e. The molecule has 4 rings (SSSR count). The maximum Gasteiger partial charge on any atom is 0.124 e. The van der Waals surface area contributed by atoms with E-state index < -0.39 is 0 Å². The highest BCUT2D eigenvalue weighted by Gasteiger charge is 2.23. The molecular formula is C28H34N6. The zero-order valence-corrected chi connectivity index (χ0v) is 20.1. The number of imidazole rings is 1. The highest BCUT2D eigenvalue weighted by Crippen LogP contribution is 2.27. The summed E-state index contributed by atoms with van der Waals surface area (Å²) >= 11 is 0. The zero-order chi connectivity index (χ0) is 23.8. The Morgan fingerprint density at radius 2 is 1.94 bits per heavy atom. The smallest absolute Gasteiger partial charge is 0.124 e. The first-order chi connectivity index (χ1) is 16.7. The number of nitrogens with one attached hydrogen (secondary N) is 3. The van der Waals surface area contributed by atoms with Gasteiger partial charge < -0.3 is 21.4 Å². The minimum absolute atomic E-state index is 0.102. The maximum absolute atomic E-state index is 6.36. The van der Waals surface area contributed by atoms with Gasteiger partial charge in [0, 0.05) is 0 Å². The summed E-state index contributed by atoms with van der Waals surface area (Å²) in [6, 6.07) is 10.7. The van der Waals surface area contributed by atoms with E-state index in [1.165, 1.54) is 6.42 Å². The Bertz CT molecular complexity index is 1130. The molecule has 2 aliphatic heterocycles. The van der Waals surface area contributed by atoms with E-state index in [0.29, 0.717) is 11.9 Å². The predicted molar refractivity (Wildman–Crippen MR) is 139 cm³/mol. The molecule has 34 heavy (non-hydrogen) atoms. The van der Waals surface area contributed by atoms with Gasteiger partial charge in [0.2, 0.25) is 0 Å². The fourth-order valence-corrected chi connectivity index (χ4v) is 4.66. The summed E-state index contributed by atoms with van der Waals surface area (Å²) in [7, 11) is 0. The van der Waals surface area contributed by atoms with Crippen molar-refractivity contribution in [3.05, 3.63) is 59.7 Å². The molecule has 2 aromatic rings. The number of benzene rings is 1. The van der Waals surface area contributed by atoms with Crippen molar-refractivity contribution in [2.75, 3.05) is 13.1 Å². The van der Waals surface area contributed by atoms with Gasteiger partial charge in [0.15, 0.2) is 0 Å². The molecule has 2 fully saturated rings. The molecule has 2 aliphatic rings. The van der Waals surface area contributed by atoms with Crippen molar-refractivity contribution < 1.29 is 0 Å². The van der Waals surface area contributed by atoms with E-state index in [-0.39, 0.29) is 18.0 Å². The monoisotopic (exact) mass is 454 g/mol. The van der Waals surface area contributed by atoms with Crippen molar-refractivity contribution >= 4 is 11.4 Å². The number of rotatable bonds is 6. The van der Waals surface area contributed by atoms with Gasteiger partial charge in [-0.15, -0.1) is 0 Å². The van der Waals surface area contributed by atoms with Crippen LogP contribution in [0.2, 0.25) is 0 Å². The topological polar surface area (TPSA) is 91.1 Å². The van der Waals surface area contributed by atoms with E-state index in [9.17, 15) is 0 Å². The molecule has 6 heteroatoms. The lowest BCUT2D eigenvalue weighted by atomic mass is 9.87. The van der Waals surface area contributed by atoms with Gasteiger partial charge in [-0.2, -0.15) is 0 Å². The summed E-state index contributed by atoms with van der Waals surface area (Å²) in [4.78, 5) is 12.6. The van der Waals surface area contributed by atoms with Gasteiger partial charge in [0.25, 0.3) is 0 Å². The SMILES string of the molecule is C/C=C(/c1ccccc1)C(C#CC#Cc1cnc([C@@H]2CCCN2)[nH]1)C(C)N=C(N)[C@@H]1CCCN1. The van der Waals surface area contributed by atoms with E-state index in [0.717, 1.165) is 55.0 Å². The molecule has 0 radical (unpaired) electrons. The van der Waals surface area contributed by atoms with E-state index in [4.69, 9.17) is 10.7 Å². The molecular weight excluding hydrogens is 420 g/mol. The first-order valence-electron chi connectivity index (χ1n) is 12.2. The molecule has 3 heterocycles. The van der Waals surface area contributed by atoms with E-state index >= 15 is 0 Å². The number of aromatic nitrogens is 2. The van der Waals surface area contributed by atoms with Crippen LogP contribution in [0.1, 0.15) is 62.7 Å². The van der Waals surface area contributed by atoms with Gasteiger partial charge in [0.1, 0.15) is 17.4 Å². The number of amidine groups is 1. The zero-order valence-electron chi connectivity index (χ0n) is 20.1. The second-order valence-electron chi connectivity index (χ2n) is 8.88. The van der Waals surface area contributed by atoms with Crippen molar-refractivity contribution in [1.29, 1.82) is 0 Å². The largest absolute Gasteiger partial charge is 0.386 e. The molecule has 1 aromatic heterocycles. The predicted octanol–water partition coefficient (Wildman–Crippen LogP) is 3.41. The van der Waals surface area contributed by atoms with Crippen LogP contribution >= 0.6 is 0 Å². The molecule has 0 bridgehead atoms. The highest BCUT2D eigenvalue weighted by atomic mass is 15.0. The van der Waals surface area contributed by atoms with Crippen LogP contribution < -0.4 is 16.4 Å². The third-order valence-electron chi connectivity index (χ3n) is 6.48. The average Bonchev–Trinajstić information content (AvgIpc) is 3.64. The normalized spacial score (nSPS) is 22.4. The van der Waals surface area contributed by atoms with Gasteiger partial charge >= 0.3 is 0 Å². The lowest BCUT2D eigenvalue weighted by molar-refractivity contribution is 0.612. The van der Waals surface area contributed by atoms with E-state index in [1.807, 2.05) is 25.1 Å². The van der Waals surface area contributed by atoms with Crippen molar-refractivity contribution in [3.63, 3.8) is 0 Å². The summed E-state index contributed by atoms with van der Waals surface area (Å²) in [5, 5.41) is 6.87. The number of nitrogens with two attached hydrogens (primary N) is 1. The fourth-order valence-electron chi connectivity index (χ4n) is 4.66.